The second kappa shape index (κ2) is 5.70. The molecule has 0 unspecified atom stereocenters. The van der Waals surface area contributed by atoms with Crippen molar-refractivity contribution in [1.29, 1.82) is 0 Å². The molecule has 3 aromatic rings. The highest BCUT2D eigenvalue weighted by atomic mass is 16.5. The van der Waals surface area contributed by atoms with Crippen LogP contribution in [0.5, 0.6) is 6.01 Å². The van der Waals surface area contributed by atoms with E-state index >= 15 is 0 Å². The number of anilines is 1. The fourth-order valence-electron chi connectivity index (χ4n) is 2.10. The van der Waals surface area contributed by atoms with Crippen molar-refractivity contribution in [3.8, 4) is 17.4 Å². The van der Waals surface area contributed by atoms with Gasteiger partial charge in [-0.15, -0.1) is 0 Å². The van der Waals surface area contributed by atoms with Crippen LogP contribution in [0.4, 0.5) is 5.95 Å². The number of aromatic nitrogens is 4. The van der Waals surface area contributed by atoms with Gasteiger partial charge in [-0.05, 0) is 18.4 Å². The quantitative estimate of drug-likeness (QED) is 0.792. The molecule has 1 aromatic carbocycles. The van der Waals surface area contributed by atoms with Gasteiger partial charge in [0, 0.05) is 30.4 Å². The van der Waals surface area contributed by atoms with E-state index in [1.165, 1.54) is 0 Å². The minimum absolute atomic E-state index is 0.318. The molecular formula is C15H15N5O. The Morgan fingerprint density at radius 3 is 2.86 bits per heavy atom. The Kier molecular flexibility index (Phi) is 3.59. The van der Waals surface area contributed by atoms with Crippen LogP contribution < -0.4 is 10.1 Å². The summed E-state index contributed by atoms with van der Waals surface area (Å²) in [6.07, 6.45) is 3.58. The summed E-state index contributed by atoms with van der Waals surface area (Å²) in [4.78, 5) is 17.1. The van der Waals surface area contributed by atoms with E-state index in [2.05, 4.69) is 25.3 Å². The zero-order valence-electron chi connectivity index (χ0n) is 11.9. The standard InChI is InChI=1S/C15H15N5O/c1-3-21-15-19-13(18-14(16-2)20-15)12-6-4-5-10-9-17-8-7-11(10)12/h4-9H,3H2,1-2H3,(H,16,18,19,20). The summed E-state index contributed by atoms with van der Waals surface area (Å²) >= 11 is 0. The van der Waals surface area contributed by atoms with Crippen LogP contribution in [0.2, 0.25) is 0 Å². The maximum Gasteiger partial charge on any atom is 0.321 e. The maximum absolute atomic E-state index is 5.41. The maximum atomic E-state index is 5.41. The van der Waals surface area contributed by atoms with Gasteiger partial charge in [-0.3, -0.25) is 4.98 Å². The number of hydrogen-bond acceptors (Lipinski definition) is 6. The number of nitrogens with zero attached hydrogens (tertiary/aromatic N) is 4. The Hall–Kier alpha value is -2.76. The van der Waals surface area contributed by atoms with Crippen LogP contribution in [0.1, 0.15) is 6.92 Å². The van der Waals surface area contributed by atoms with Crippen LogP contribution in [0, 0.1) is 0 Å². The van der Waals surface area contributed by atoms with Crippen LogP contribution in [0.3, 0.4) is 0 Å². The van der Waals surface area contributed by atoms with Gasteiger partial charge < -0.3 is 10.1 Å². The Bertz CT molecular complexity index is 770. The number of rotatable bonds is 4. The predicted octanol–water partition coefficient (Wildman–Crippen LogP) is 2.53. The molecule has 0 aliphatic rings. The Morgan fingerprint density at radius 2 is 2.05 bits per heavy atom. The van der Waals surface area contributed by atoms with Crippen molar-refractivity contribution >= 4 is 16.7 Å². The van der Waals surface area contributed by atoms with Gasteiger partial charge in [0.25, 0.3) is 0 Å². The molecule has 106 valence electrons. The Balaban J connectivity index is 2.20. The van der Waals surface area contributed by atoms with Gasteiger partial charge in [-0.1, -0.05) is 18.2 Å². The Morgan fingerprint density at radius 1 is 1.14 bits per heavy atom. The molecule has 0 spiro atoms. The highest BCUT2D eigenvalue weighted by Crippen LogP contribution is 2.26. The molecule has 2 heterocycles. The highest BCUT2D eigenvalue weighted by Gasteiger charge is 2.11. The topological polar surface area (TPSA) is 72.8 Å². The van der Waals surface area contributed by atoms with Crippen molar-refractivity contribution in [2.75, 3.05) is 19.0 Å². The van der Waals surface area contributed by atoms with E-state index < -0.39 is 0 Å². The number of benzene rings is 1. The first kappa shape index (κ1) is 13.2. The summed E-state index contributed by atoms with van der Waals surface area (Å²) in [5.41, 5.74) is 0.926. The molecule has 2 aromatic heterocycles. The van der Waals surface area contributed by atoms with Gasteiger partial charge in [-0.2, -0.15) is 15.0 Å². The molecule has 0 aliphatic heterocycles. The first-order chi connectivity index (χ1) is 10.3. The van der Waals surface area contributed by atoms with Crippen molar-refractivity contribution < 1.29 is 4.74 Å². The van der Waals surface area contributed by atoms with E-state index in [1.807, 2.05) is 37.4 Å². The van der Waals surface area contributed by atoms with Gasteiger partial charge in [-0.25, -0.2) is 0 Å². The molecule has 6 nitrogen and oxygen atoms in total. The monoisotopic (exact) mass is 281 g/mol. The molecule has 1 N–H and O–H groups in total. The molecule has 0 saturated heterocycles. The number of ether oxygens (including phenoxy) is 1. The minimum Gasteiger partial charge on any atom is -0.464 e. The lowest BCUT2D eigenvalue weighted by Crippen LogP contribution is -2.05. The molecule has 0 aliphatic carbocycles. The highest BCUT2D eigenvalue weighted by molar-refractivity contribution is 5.94. The fraction of sp³-hybridized carbons (Fsp3) is 0.200. The third kappa shape index (κ3) is 2.60. The summed E-state index contributed by atoms with van der Waals surface area (Å²) in [6.45, 7) is 2.40. The normalized spacial score (nSPS) is 10.6. The predicted molar refractivity (Wildman–Crippen MR) is 81.3 cm³/mol. The van der Waals surface area contributed by atoms with Gasteiger partial charge in [0.1, 0.15) is 0 Å². The first-order valence-corrected chi connectivity index (χ1v) is 6.71. The van der Waals surface area contributed by atoms with Crippen molar-refractivity contribution in [3.05, 3.63) is 36.7 Å². The summed E-state index contributed by atoms with van der Waals surface area (Å²) in [6, 6.07) is 8.22. The van der Waals surface area contributed by atoms with E-state index in [1.54, 1.807) is 13.2 Å². The van der Waals surface area contributed by atoms with Crippen LogP contribution in [0.25, 0.3) is 22.2 Å². The smallest absolute Gasteiger partial charge is 0.321 e. The van der Waals surface area contributed by atoms with Gasteiger partial charge in [0.2, 0.25) is 5.95 Å². The van der Waals surface area contributed by atoms with E-state index in [-0.39, 0.29) is 0 Å². The van der Waals surface area contributed by atoms with Crippen molar-refractivity contribution in [1.82, 2.24) is 19.9 Å². The largest absolute Gasteiger partial charge is 0.464 e. The van der Waals surface area contributed by atoms with Crippen molar-refractivity contribution in [2.24, 2.45) is 0 Å². The second-order valence-electron chi connectivity index (χ2n) is 4.35. The second-order valence-corrected chi connectivity index (χ2v) is 4.35. The summed E-state index contributed by atoms with van der Waals surface area (Å²) < 4.78 is 5.41. The zero-order valence-corrected chi connectivity index (χ0v) is 11.9. The molecule has 21 heavy (non-hydrogen) atoms. The number of pyridine rings is 1. The van der Waals surface area contributed by atoms with Crippen LogP contribution >= 0.6 is 0 Å². The van der Waals surface area contributed by atoms with Crippen molar-refractivity contribution in [2.45, 2.75) is 6.92 Å². The minimum atomic E-state index is 0.318. The van der Waals surface area contributed by atoms with Crippen molar-refractivity contribution in [3.63, 3.8) is 0 Å². The molecule has 6 heteroatoms. The van der Waals surface area contributed by atoms with Crippen LogP contribution in [0.15, 0.2) is 36.7 Å². The molecule has 0 amide bonds. The number of nitrogens with one attached hydrogen (secondary N) is 1. The molecule has 0 atom stereocenters. The van der Waals surface area contributed by atoms with Crippen LogP contribution in [-0.2, 0) is 0 Å². The fourth-order valence-corrected chi connectivity index (χ4v) is 2.10. The van der Waals surface area contributed by atoms with Gasteiger partial charge in [0.15, 0.2) is 5.82 Å². The number of fused-ring (bicyclic) bond motifs is 1. The zero-order chi connectivity index (χ0) is 14.7. The molecule has 0 fully saturated rings. The third-order valence-electron chi connectivity index (χ3n) is 3.03. The molecule has 0 saturated carbocycles. The third-order valence-corrected chi connectivity index (χ3v) is 3.03. The van der Waals surface area contributed by atoms with E-state index in [0.717, 1.165) is 16.3 Å². The lowest BCUT2D eigenvalue weighted by Gasteiger charge is -2.08. The summed E-state index contributed by atoms with van der Waals surface area (Å²) in [7, 11) is 1.77. The van der Waals surface area contributed by atoms with E-state index in [4.69, 9.17) is 4.74 Å². The molecular weight excluding hydrogens is 266 g/mol. The van der Waals surface area contributed by atoms with E-state index in [9.17, 15) is 0 Å². The molecule has 0 bridgehead atoms. The average molecular weight is 281 g/mol. The summed E-state index contributed by atoms with van der Waals surface area (Å²) in [5.74, 6) is 1.06. The number of hydrogen-bond donors (Lipinski definition) is 1. The lowest BCUT2D eigenvalue weighted by molar-refractivity contribution is 0.312. The van der Waals surface area contributed by atoms with Gasteiger partial charge >= 0.3 is 6.01 Å². The van der Waals surface area contributed by atoms with Crippen LogP contribution in [-0.4, -0.2) is 33.6 Å². The SMILES string of the molecule is CCOc1nc(NC)nc(-c2cccc3cnccc23)n1. The Labute approximate surface area is 122 Å². The first-order valence-electron chi connectivity index (χ1n) is 6.71. The molecule has 0 radical (unpaired) electrons. The molecule has 3 rings (SSSR count). The van der Waals surface area contributed by atoms with Gasteiger partial charge in [0.05, 0.1) is 6.61 Å². The average Bonchev–Trinajstić information content (AvgIpc) is 2.54. The summed E-state index contributed by atoms with van der Waals surface area (Å²) in [5, 5.41) is 5.02. The van der Waals surface area contributed by atoms with E-state index in [0.29, 0.717) is 24.4 Å². The lowest BCUT2D eigenvalue weighted by atomic mass is 10.1.